The Balaban J connectivity index is 2.06. The Bertz CT molecular complexity index is 1340. The van der Waals surface area contributed by atoms with Crippen LogP contribution >= 0.6 is 0 Å². The number of benzene rings is 2. The lowest BCUT2D eigenvalue weighted by Crippen LogP contribution is -2.41. The Morgan fingerprint density at radius 3 is 2.43 bits per heavy atom. The van der Waals surface area contributed by atoms with Gasteiger partial charge in [0.05, 0.1) is 19.1 Å². The summed E-state index contributed by atoms with van der Waals surface area (Å²) >= 11 is 0. The van der Waals surface area contributed by atoms with E-state index < -0.39 is 5.69 Å². The molecule has 30 heavy (non-hydrogen) atoms. The minimum absolute atomic E-state index is 0.308. The molecule has 2 heterocycles. The first-order chi connectivity index (χ1) is 14.4. The molecule has 0 saturated carbocycles. The summed E-state index contributed by atoms with van der Waals surface area (Å²) in [7, 11) is 1.55. The topological polar surface area (TPSA) is 71.1 Å². The van der Waals surface area contributed by atoms with Gasteiger partial charge in [-0.3, -0.25) is 9.36 Å². The average Bonchev–Trinajstić information content (AvgIpc) is 3.13. The van der Waals surface area contributed by atoms with Gasteiger partial charge in [0, 0.05) is 12.6 Å². The van der Waals surface area contributed by atoms with Gasteiger partial charge in [-0.05, 0) is 44.0 Å². The van der Waals surface area contributed by atoms with Crippen molar-refractivity contribution < 1.29 is 4.74 Å². The van der Waals surface area contributed by atoms with Crippen LogP contribution in [0, 0.1) is 6.92 Å². The Hall–Kier alpha value is -3.61. The molecule has 2 aromatic carbocycles. The van der Waals surface area contributed by atoms with Crippen LogP contribution in [-0.2, 0) is 6.54 Å². The first-order valence-corrected chi connectivity index (χ1v) is 9.84. The van der Waals surface area contributed by atoms with E-state index in [0.29, 0.717) is 29.1 Å². The molecule has 0 N–H and O–H groups in total. The predicted molar refractivity (Wildman–Crippen MR) is 117 cm³/mol. The molecule has 7 nitrogen and oxygen atoms in total. The number of para-hydroxylation sites is 2. The minimum atomic E-state index is -0.437. The smallest absolute Gasteiger partial charge is 0.337 e. The molecule has 0 atom stereocenters. The number of fused-ring (bicyclic) bond motifs is 1. The lowest BCUT2D eigenvalue weighted by atomic mass is 10.1. The molecule has 0 aliphatic carbocycles. The summed E-state index contributed by atoms with van der Waals surface area (Å²) in [6, 6.07) is 14.9. The van der Waals surface area contributed by atoms with Gasteiger partial charge in [0.1, 0.15) is 5.75 Å². The van der Waals surface area contributed by atoms with Crippen LogP contribution in [0.5, 0.6) is 5.75 Å². The van der Waals surface area contributed by atoms with Gasteiger partial charge in [0.15, 0.2) is 11.2 Å². The zero-order chi connectivity index (χ0) is 21.4. The van der Waals surface area contributed by atoms with Crippen molar-refractivity contribution in [1.29, 1.82) is 0 Å². The number of hydrogen-bond acceptors (Lipinski definition) is 4. The number of methoxy groups -OCH3 is 1. The van der Waals surface area contributed by atoms with Crippen molar-refractivity contribution in [3.8, 4) is 11.4 Å². The molecule has 0 bridgehead atoms. The number of aromatic nitrogens is 4. The van der Waals surface area contributed by atoms with Gasteiger partial charge in [-0.15, -0.1) is 0 Å². The van der Waals surface area contributed by atoms with Crippen LogP contribution in [0.2, 0.25) is 0 Å². The molecule has 4 aromatic rings. The van der Waals surface area contributed by atoms with E-state index in [2.05, 4.69) is 4.98 Å². The first-order valence-electron chi connectivity index (χ1n) is 9.84. The van der Waals surface area contributed by atoms with Crippen LogP contribution < -0.4 is 16.0 Å². The maximum Gasteiger partial charge on any atom is 0.337 e. The summed E-state index contributed by atoms with van der Waals surface area (Å²) in [6.45, 7) is 6.17. The number of ether oxygens (including phenoxy) is 1. The predicted octanol–water partition coefficient (Wildman–Crippen LogP) is 3.30. The fourth-order valence-corrected chi connectivity index (χ4v) is 3.73. The summed E-state index contributed by atoms with van der Waals surface area (Å²) in [4.78, 5) is 31.2. The molecule has 0 unspecified atom stereocenters. The summed E-state index contributed by atoms with van der Waals surface area (Å²) in [5.74, 6) is 0.531. The SMILES string of the molecule is COc1ccccc1-n1c(=O)n(C(C)C)c(=O)c2c1ncn2Cc1ccccc1C. The molecular formula is C23H24N4O3. The van der Waals surface area contributed by atoms with E-state index in [4.69, 9.17) is 4.74 Å². The third kappa shape index (κ3) is 3.12. The number of aryl methyl sites for hydroxylation is 1. The summed E-state index contributed by atoms with van der Waals surface area (Å²) < 4.78 is 10.0. The summed E-state index contributed by atoms with van der Waals surface area (Å²) in [5, 5.41) is 0. The molecule has 4 rings (SSSR count). The van der Waals surface area contributed by atoms with Crippen LogP contribution in [0.25, 0.3) is 16.9 Å². The molecule has 2 aromatic heterocycles. The van der Waals surface area contributed by atoms with Crippen molar-refractivity contribution in [2.75, 3.05) is 7.11 Å². The standard InChI is InChI=1S/C23H24N4O3/c1-15(2)26-22(28)20-21(24-14-25(20)13-17-10-6-5-9-16(17)3)27(23(26)29)18-11-7-8-12-19(18)30-4/h5-12,14-15H,13H2,1-4H3. The maximum absolute atomic E-state index is 13.4. The number of rotatable bonds is 5. The zero-order valence-corrected chi connectivity index (χ0v) is 17.5. The van der Waals surface area contributed by atoms with E-state index in [1.54, 1.807) is 25.6 Å². The van der Waals surface area contributed by atoms with Gasteiger partial charge < -0.3 is 9.30 Å². The molecule has 0 aliphatic heterocycles. The van der Waals surface area contributed by atoms with Crippen LogP contribution in [0.1, 0.15) is 31.0 Å². The zero-order valence-electron chi connectivity index (χ0n) is 17.5. The molecule has 0 radical (unpaired) electrons. The van der Waals surface area contributed by atoms with E-state index >= 15 is 0 Å². The first kappa shape index (κ1) is 19.7. The molecular weight excluding hydrogens is 380 g/mol. The number of hydrogen-bond donors (Lipinski definition) is 0. The quantitative estimate of drug-likeness (QED) is 0.512. The van der Waals surface area contributed by atoms with E-state index in [0.717, 1.165) is 11.1 Å². The normalized spacial score (nSPS) is 11.4. The van der Waals surface area contributed by atoms with Crippen LogP contribution in [0.3, 0.4) is 0 Å². The van der Waals surface area contributed by atoms with Crippen molar-refractivity contribution in [2.24, 2.45) is 0 Å². The van der Waals surface area contributed by atoms with Gasteiger partial charge in [-0.2, -0.15) is 0 Å². The van der Waals surface area contributed by atoms with Crippen molar-refractivity contribution in [3.63, 3.8) is 0 Å². The highest BCUT2D eigenvalue weighted by atomic mass is 16.5. The average molecular weight is 404 g/mol. The summed E-state index contributed by atoms with van der Waals surface area (Å²) in [6.07, 6.45) is 1.62. The highest BCUT2D eigenvalue weighted by Crippen LogP contribution is 2.24. The van der Waals surface area contributed by atoms with E-state index in [9.17, 15) is 9.59 Å². The summed E-state index contributed by atoms with van der Waals surface area (Å²) in [5.41, 5.74) is 2.68. The Kier molecular flexibility index (Phi) is 5.03. The van der Waals surface area contributed by atoms with Crippen molar-refractivity contribution >= 4 is 11.2 Å². The van der Waals surface area contributed by atoms with Gasteiger partial charge in [-0.25, -0.2) is 14.3 Å². The highest BCUT2D eigenvalue weighted by Gasteiger charge is 2.22. The Labute approximate surface area is 173 Å². The fraction of sp³-hybridized carbons (Fsp3) is 0.261. The highest BCUT2D eigenvalue weighted by molar-refractivity contribution is 5.73. The van der Waals surface area contributed by atoms with Gasteiger partial charge in [0.2, 0.25) is 0 Å². The molecule has 0 saturated heterocycles. The van der Waals surface area contributed by atoms with Gasteiger partial charge >= 0.3 is 5.69 Å². The minimum Gasteiger partial charge on any atom is -0.495 e. The second kappa shape index (κ2) is 7.67. The maximum atomic E-state index is 13.4. The molecule has 0 amide bonds. The van der Waals surface area contributed by atoms with Crippen molar-refractivity contribution in [3.05, 3.63) is 86.8 Å². The van der Waals surface area contributed by atoms with Gasteiger partial charge in [-0.1, -0.05) is 36.4 Å². The number of nitrogens with zero attached hydrogens (tertiary/aromatic N) is 4. The van der Waals surface area contributed by atoms with Crippen LogP contribution in [0.15, 0.2) is 64.4 Å². The number of imidazole rings is 1. The van der Waals surface area contributed by atoms with E-state index in [-0.39, 0.29) is 11.6 Å². The molecule has 0 spiro atoms. The van der Waals surface area contributed by atoms with Crippen molar-refractivity contribution in [2.45, 2.75) is 33.4 Å². The lowest BCUT2D eigenvalue weighted by Gasteiger charge is -2.16. The monoisotopic (exact) mass is 404 g/mol. The van der Waals surface area contributed by atoms with Crippen LogP contribution in [-0.4, -0.2) is 25.8 Å². The molecule has 154 valence electrons. The second-order valence-electron chi connectivity index (χ2n) is 7.53. The Morgan fingerprint density at radius 2 is 1.73 bits per heavy atom. The Morgan fingerprint density at radius 1 is 1.03 bits per heavy atom. The van der Waals surface area contributed by atoms with E-state index in [1.807, 2.05) is 61.7 Å². The van der Waals surface area contributed by atoms with Crippen molar-refractivity contribution in [1.82, 2.24) is 18.7 Å². The largest absolute Gasteiger partial charge is 0.495 e. The molecule has 0 aliphatic rings. The second-order valence-corrected chi connectivity index (χ2v) is 7.53. The third-order valence-corrected chi connectivity index (χ3v) is 5.29. The fourth-order valence-electron chi connectivity index (χ4n) is 3.73. The lowest BCUT2D eigenvalue weighted by molar-refractivity contribution is 0.412. The van der Waals surface area contributed by atoms with Crippen LogP contribution in [0.4, 0.5) is 0 Å². The molecule has 0 fully saturated rings. The van der Waals surface area contributed by atoms with Gasteiger partial charge in [0.25, 0.3) is 5.56 Å². The third-order valence-electron chi connectivity index (χ3n) is 5.29. The van der Waals surface area contributed by atoms with E-state index in [1.165, 1.54) is 9.13 Å². The molecule has 7 heteroatoms.